The number of hydrogen-bond donors (Lipinski definition) is 1. The second kappa shape index (κ2) is 5.95. The van der Waals surface area contributed by atoms with Crippen LogP contribution >= 0.6 is 15.9 Å². The van der Waals surface area contributed by atoms with Crippen molar-refractivity contribution >= 4 is 15.9 Å². The Balaban J connectivity index is 3.70. The molecule has 0 aliphatic carbocycles. The molecular weight excluding hydrogens is 218 g/mol. The molecule has 1 N–H and O–H groups in total. The molecule has 0 bridgehead atoms. The lowest BCUT2D eigenvalue weighted by Crippen LogP contribution is -2.46. The van der Waals surface area contributed by atoms with Crippen molar-refractivity contribution in [3.63, 3.8) is 0 Å². The molecule has 1 unspecified atom stereocenters. The first-order valence-corrected chi connectivity index (χ1v) is 5.46. The fourth-order valence-corrected chi connectivity index (χ4v) is 2.26. The number of ether oxygens (including phenoxy) is 1. The molecule has 0 aromatic rings. The zero-order chi connectivity index (χ0) is 9.61. The summed E-state index contributed by atoms with van der Waals surface area (Å²) >= 11 is 3.44. The van der Waals surface area contributed by atoms with E-state index in [0.29, 0.717) is 6.04 Å². The summed E-state index contributed by atoms with van der Waals surface area (Å²) < 4.78 is 5.05. The Bertz CT molecular complexity index is 117. The Labute approximate surface area is 84.2 Å². The van der Waals surface area contributed by atoms with Gasteiger partial charge < -0.3 is 10.1 Å². The largest absolute Gasteiger partial charge is 0.383 e. The summed E-state index contributed by atoms with van der Waals surface area (Å²) in [7, 11) is 1.73. The van der Waals surface area contributed by atoms with E-state index < -0.39 is 0 Å². The highest BCUT2D eigenvalue weighted by Crippen LogP contribution is 2.10. The van der Waals surface area contributed by atoms with E-state index in [4.69, 9.17) is 4.74 Å². The van der Waals surface area contributed by atoms with Crippen molar-refractivity contribution in [2.24, 2.45) is 0 Å². The van der Waals surface area contributed by atoms with E-state index >= 15 is 0 Å². The minimum Gasteiger partial charge on any atom is -0.383 e. The van der Waals surface area contributed by atoms with Crippen molar-refractivity contribution in [2.75, 3.05) is 19.0 Å². The maximum atomic E-state index is 5.05. The van der Waals surface area contributed by atoms with Crippen LogP contribution in [0, 0.1) is 0 Å². The molecule has 0 rings (SSSR count). The molecule has 12 heavy (non-hydrogen) atoms. The van der Waals surface area contributed by atoms with Crippen LogP contribution in [0.2, 0.25) is 0 Å². The van der Waals surface area contributed by atoms with E-state index in [1.54, 1.807) is 7.11 Å². The smallest absolute Gasteiger partial charge is 0.0613 e. The molecule has 3 heteroatoms. The van der Waals surface area contributed by atoms with Gasteiger partial charge in [0, 0.05) is 24.0 Å². The SMILES string of the molecule is COCC(C)NC(C)(C)CCBr. The lowest BCUT2D eigenvalue weighted by atomic mass is 10.0. The number of methoxy groups -OCH3 is 1. The topological polar surface area (TPSA) is 21.3 Å². The summed E-state index contributed by atoms with van der Waals surface area (Å²) in [5.74, 6) is 0. The molecule has 0 aliphatic rings. The Morgan fingerprint density at radius 2 is 2.08 bits per heavy atom. The van der Waals surface area contributed by atoms with Gasteiger partial charge in [0.05, 0.1) is 6.61 Å². The molecule has 0 aromatic carbocycles. The van der Waals surface area contributed by atoms with E-state index in [1.165, 1.54) is 0 Å². The molecule has 0 heterocycles. The third-order valence-corrected chi connectivity index (χ3v) is 2.17. The standard InChI is InChI=1S/C9H20BrNO/c1-8(7-12-4)11-9(2,3)5-6-10/h8,11H,5-7H2,1-4H3. The molecule has 0 saturated carbocycles. The Hall–Kier alpha value is 0.400. The van der Waals surface area contributed by atoms with Crippen molar-refractivity contribution in [2.45, 2.75) is 38.8 Å². The molecular formula is C9H20BrNO. The van der Waals surface area contributed by atoms with E-state index in [0.717, 1.165) is 18.4 Å². The van der Waals surface area contributed by atoms with E-state index in [1.807, 2.05) is 0 Å². The van der Waals surface area contributed by atoms with Crippen LogP contribution in [0.1, 0.15) is 27.2 Å². The molecule has 2 nitrogen and oxygen atoms in total. The number of nitrogens with one attached hydrogen (secondary N) is 1. The van der Waals surface area contributed by atoms with Gasteiger partial charge in [0.2, 0.25) is 0 Å². The average molecular weight is 238 g/mol. The van der Waals surface area contributed by atoms with E-state index in [9.17, 15) is 0 Å². The number of rotatable bonds is 6. The Morgan fingerprint density at radius 3 is 2.50 bits per heavy atom. The van der Waals surface area contributed by atoms with Gasteiger partial charge >= 0.3 is 0 Å². The number of halogens is 1. The van der Waals surface area contributed by atoms with Gasteiger partial charge in [-0.1, -0.05) is 15.9 Å². The van der Waals surface area contributed by atoms with Crippen LogP contribution < -0.4 is 5.32 Å². The van der Waals surface area contributed by atoms with Gasteiger partial charge in [0.15, 0.2) is 0 Å². The third-order valence-electron chi connectivity index (χ3n) is 1.77. The first-order chi connectivity index (χ1) is 5.52. The maximum Gasteiger partial charge on any atom is 0.0613 e. The number of hydrogen-bond acceptors (Lipinski definition) is 2. The van der Waals surface area contributed by atoms with Crippen molar-refractivity contribution in [1.29, 1.82) is 0 Å². The van der Waals surface area contributed by atoms with Crippen molar-refractivity contribution < 1.29 is 4.74 Å². The predicted molar refractivity (Wildman–Crippen MR) is 57.0 cm³/mol. The van der Waals surface area contributed by atoms with Gasteiger partial charge in [-0.2, -0.15) is 0 Å². The number of alkyl halides is 1. The van der Waals surface area contributed by atoms with Gasteiger partial charge in [-0.3, -0.25) is 0 Å². The highest BCUT2D eigenvalue weighted by molar-refractivity contribution is 9.09. The summed E-state index contributed by atoms with van der Waals surface area (Å²) in [4.78, 5) is 0. The minimum absolute atomic E-state index is 0.196. The fraction of sp³-hybridized carbons (Fsp3) is 1.00. The van der Waals surface area contributed by atoms with Crippen molar-refractivity contribution in [3.8, 4) is 0 Å². The summed E-state index contributed by atoms with van der Waals surface area (Å²) in [5, 5.41) is 4.54. The molecule has 1 atom stereocenters. The highest BCUT2D eigenvalue weighted by atomic mass is 79.9. The fourth-order valence-electron chi connectivity index (χ4n) is 1.27. The first-order valence-electron chi connectivity index (χ1n) is 4.34. The van der Waals surface area contributed by atoms with Gasteiger partial charge in [0.25, 0.3) is 0 Å². The Morgan fingerprint density at radius 1 is 1.50 bits per heavy atom. The molecule has 0 radical (unpaired) electrons. The first kappa shape index (κ1) is 12.4. The lowest BCUT2D eigenvalue weighted by molar-refractivity contribution is 0.156. The molecule has 0 spiro atoms. The quantitative estimate of drug-likeness (QED) is 0.716. The lowest BCUT2D eigenvalue weighted by Gasteiger charge is -2.29. The molecule has 0 aromatic heterocycles. The molecule has 74 valence electrons. The zero-order valence-corrected chi connectivity index (χ0v) is 10.1. The third kappa shape index (κ3) is 5.98. The van der Waals surface area contributed by atoms with Crippen LogP contribution in [0.5, 0.6) is 0 Å². The predicted octanol–water partition coefficient (Wildman–Crippen LogP) is 2.17. The molecule has 0 aliphatic heterocycles. The summed E-state index contributed by atoms with van der Waals surface area (Å²) in [6, 6.07) is 0.420. The zero-order valence-electron chi connectivity index (χ0n) is 8.48. The summed E-state index contributed by atoms with van der Waals surface area (Å²) in [5.41, 5.74) is 0.196. The minimum atomic E-state index is 0.196. The monoisotopic (exact) mass is 237 g/mol. The highest BCUT2D eigenvalue weighted by Gasteiger charge is 2.18. The van der Waals surface area contributed by atoms with E-state index in [-0.39, 0.29) is 5.54 Å². The van der Waals surface area contributed by atoms with Crippen molar-refractivity contribution in [1.82, 2.24) is 5.32 Å². The maximum absolute atomic E-state index is 5.05. The van der Waals surface area contributed by atoms with E-state index in [2.05, 4.69) is 42.0 Å². The molecule has 0 amide bonds. The van der Waals surface area contributed by atoms with Crippen LogP contribution in [0.3, 0.4) is 0 Å². The van der Waals surface area contributed by atoms with Gasteiger partial charge in [-0.05, 0) is 27.2 Å². The van der Waals surface area contributed by atoms with Crippen LogP contribution in [-0.2, 0) is 4.74 Å². The van der Waals surface area contributed by atoms with Crippen molar-refractivity contribution in [3.05, 3.63) is 0 Å². The van der Waals surface area contributed by atoms with Crippen LogP contribution in [-0.4, -0.2) is 30.6 Å². The Kier molecular flexibility index (Phi) is 6.14. The molecule has 0 saturated heterocycles. The van der Waals surface area contributed by atoms with Gasteiger partial charge in [-0.15, -0.1) is 0 Å². The molecule has 0 fully saturated rings. The second-order valence-corrected chi connectivity index (χ2v) is 4.62. The average Bonchev–Trinajstić information content (AvgIpc) is 1.85. The normalized spacial score (nSPS) is 14.8. The summed E-state index contributed by atoms with van der Waals surface area (Å²) in [6.45, 7) is 7.33. The second-order valence-electron chi connectivity index (χ2n) is 3.82. The van der Waals surface area contributed by atoms with Crippen LogP contribution in [0.15, 0.2) is 0 Å². The van der Waals surface area contributed by atoms with Gasteiger partial charge in [-0.25, -0.2) is 0 Å². The van der Waals surface area contributed by atoms with Crippen LogP contribution in [0.25, 0.3) is 0 Å². The summed E-state index contributed by atoms with van der Waals surface area (Å²) in [6.07, 6.45) is 1.13. The van der Waals surface area contributed by atoms with Crippen LogP contribution in [0.4, 0.5) is 0 Å². The van der Waals surface area contributed by atoms with Gasteiger partial charge in [0.1, 0.15) is 0 Å².